The molecule has 1 saturated heterocycles. The number of nitrogens with zero attached hydrogens (tertiary/aromatic N) is 3. The van der Waals surface area contributed by atoms with Gasteiger partial charge in [0.25, 0.3) is 0 Å². The number of aromatic nitrogens is 2. The SMILES string of the molecule is O=C(NC1CCCN(c2ccc(-c3ccncc3)cn2)C1)C12CC3CC(C1)C(O)C(C3)C2. The number of carbonyl (C=O) groups is 1. The molecule has 2 aromatic heterocycles. The van der Waals surface area contributed by atoms with E-state index in [4.69, 9.17) is 4.98 Å². The molecule has 4 saturated carbocycles. The third kappa shape index (κ3) is 3.49. The van der Waals surface area contributed by atoms with Crippen molar-refractivity contribution >= 4 is 11.7 Å². The molecule has 2 N–H and O–H groups in total. The lowest BCUT2D eigenvalue weighted by atomic mass is 9.48. The Bertz CT molecular complexity index is 963. The molecule has 7 rings (SSSR count). The van der Waals surface area contributed by atoms with Crippen LogP contribution in [0, 0.1) is 23.2 Å². The van der Waals surface area contributed by atoms with E-state index in [0.29, 0.717) is 17.8 Å². The largest absolute Gasteiger partial charge is 0.393 e. The smallest absolute Gasteiger partial charge is 0.226 e. The van der Waals surface area contributed by atoms with Crippen molar-refractivity contribution in [1.29, 1.82) is 0 Å². The van der Waals surface area contributed by atoms with Crippen LogP contribution in [0.5, 0.6) is 0 Å². The monoisotopic (exact) mass is 432 g/mol. The van der Waals surface area contributed by atoms with Crippen LogP contribution in [0.4, 0.5) is 5.82 Å². The highest BCUT2D eigenvalue weighted by Gasteiger charge is 2.58. The fourth-order valence-corrected chi connectivity index (χ4v) is 7.21. The van der Waals surface area contributed by atoms with Crippen molar-refractivity contribution < 1.29 is 9.90 Å². The summed E-state index contributed by atoms with van der Waals surface area (Å²) in [6, 6.07) is 8.34. The van der Waals surface area contributed by atoms with Crippen molar-refractivity contribution in [3.8, 4) is 11.1 Å². The number of carbonyl (C=O) groups excluding carboxylic acids is 1. The molecule has 32 heavy (non-hydrogen) atoms. The molecule has 3 atom stereocenters. The van der Waals surface area contributed by atoms with Crippen LogP contribution in [0.15, 0.2) is 42.9 Å². The number of amides is 1. The summed E-state index contributed by atoms with van der Waals surface area (Å²) in [7, 11) is 0. The molecule has 6 nitrogen and oxygen atoms in total. The van der Waals surface area contributed by atoms with E-state index >= 15 is 0 Å². The highest BCUT2D eigenvalue weighted by Crippen LogP contribution is 2.60. The van der Waals surface area contributed by atoms with Gasteiger partial charge in [-0.25, -0.2) is 4.98 Å². The summed E-state index contributed by atoms with van der Waals surface area (Å²) in [6.45, 7) is 1.78. The van der Waals surface area contributed by atoms with Crippen LogP contribution in [0.25, 0.3) is 11.1 Å². The minimum absolute atomic E-state index is 0.163. The van der Waals surface area contributed by atoms with Crippen LogP contribution in [-0.2, 0) is 4.79 Å². The van der Waals surface area contributed by atoms with Gasteiger partial charge >= 0.3 is 0 Å². The molecule has 3 unspecified atom stereocenters. The van der Waals surface area contributed by atoms with Crippen molar-refractivity contribution in [1.82, 2.24) is 15.3 Å². The zero-order valence-electron chi connectivity index (χ0n) is 18.5. The molecule has 4 bridgehead atoms. The fourth-order valence-electron chi connectivity index (χ4n) is 7.21. The first-order valence-electron chi connectivity index (χ1n) is 12.2. The zero-order chi connectivity index (χ0) is 21.7. The van der Waals surface area contributed by atoms with E-state index in [1.807, 2.05) is 18.3 Å². The lowest BCUT2D eigenvalue weighted by Gasteiger charge is -2.58. The van der Waals surface area contributed by atoms with E-state index in [-0.39, 0.29) is 23.5 Å². The topological polar surface area (TPSA) is 78.4 Å². The van der Waals surface area contributed by atoms with Crippen molar-refractivity contribution in [2.24, 2.45) is 23.2 Å². The summed E-state index contributed by atoms with van der Waals surface area (Å²) < 4.78 is 0. The molecule has 168 valence electrons. The predicted octanol–water partition coefficient (Wildman–Crippen LogP) is 3.42. The first-order chi connectivity index (χ1) is 15.6. The maximum absolute atomic E-state index is 13.5. The van der Waals surface area contributed by atoms with Crippen LogP contribution in [0.2, 0.25) is 0 Å². The molecule has 3 heterocycles. The van der Waals surface area contributed by atoms with Crippen LogP contribution < -0.4 is 10.2 Å². The first kappa shape index (κ1) is 20.2. The average molecular weight is 433 g/mol. The molecule has 0 spiro atoms. The van der Waals surface area contributed by atoms with Crippen LogP contribution in [0.1, 0.15) is 44.9 Å². The van der Waals surface area contributed by atoms with E-state index in [2.05, 4.69) is 27.3 Å². The molecule has 2 aromatic rings. The third-order valence-electron chi connectivity index (χ3n) is 8.55. The summed E-state index contributed by atoms with van der Waals surface area (Å²) in [6.07, 6.45) is 12.4. The number of aliphatic hydroxyl groups is 1. The lowest BCUT2D eigenvalue weighted by molar-refractivity contribution is -0.163. The molecule has 0 aromatic carbocycles. The summed E-state index contributed by atoms with van der Waals surface area (Å²) in [4.78, 5) is 24.6. The van der Waals surface area contributed by atoms with Crippen molar-refractivity contribution in [3.63, 3.8) is 0 Å². The Morgan fingerprint density at radius 2 is 1.84 bits per heavy atom. The molecule has 4 aliphatic carbocycles. The number of hydrogen-bond donors (Lipinski definition) is 2. The molecule has 5 aliphatic rings. The number of hydrogen-bond acceptors (Lipinski definition) is 5. The average Bonchev–Trinajstić information content (AvgIpc) is 2.83. The zero-order valence-corrected chi connectivity index (χ0v) is 18.5. The van der Waals surface area contributed by atoms with E-state index in [1.165, 1.54) is 0 Å². The van der Waals surface area contributed by atoms with Gasteiger partial charge in [0.05, 0.1) is 11.5 Å². The predicted molar refractivity (Wildman–Crippen MR) is 123 cm³/mol. The van der Waals surface area contributed by atoms with E-state index in [1.54, 1.807) is 12.4 Å². The molecule has 1 aliphatic heterocycles. The Labute approximate surface area is 189 Å². The highest BCUT2D eigenvalue weighted by atomic mass is 16.3. The second-order valence-corrected chi connectivity index (χ2v) is 10.6. The van der Waals surface area contributed by atoms with Gasteiger partial charge in [0.1, 0.15) is 5.82 Å². The number of rotatable bonds is 4. The van der Waals surface area contributed by atoms with E-state index in [0.717, 1.165) is 75.0 Å². The molecular weight excluding hydrogens is 400 g/mol. The number of pyridine rings is 2. The van der Waals surface area contributed by atoms with Gasteiger partial charge in [0.15, 0.2) is 0 Å². The van der Waals surface area contributed by atoms with Gasteiger partial charge in [-0.15, -0.1) is 0 Å². The molecule has 1 amide bonds. The summed E-state index contributed by atoms with van der Waals surface area (Å²) in [5, 5.41) is 14.0. The Morgan fingerprint density at radius 1 is 1.06 bits per heavy atom. The molecule has 6 heteroatoms. The Morgan fingerprint density at radius 3 is 2.56 bits per heavy atom. The molecule has 0 radical (unpaired) electrons. The highest BCUT2D eigenvalue weighted by molar-refractivity contribution is 5.83. The number of aliphatic hydroxyl groups excluding tert-OH is 1. The van der Waals surface area contributed by atoms with Gasteiger partial charge in [-0.05, 0) is 92.5 Å². The van der Waals surface area contributed by atoms with Gasteiger partial charge in [-0.2, -0.15) is 0 Å². The summed E-state index contributed by atoms with van der Waals surface area (Å²) in [5.74, 6) is 2.51. The van der Waals surface area contributed by atoms with E-state index in [9.17, 15) is 9.90 Å². The van der Waals surface area contributed by atoms with E-state index < -0.39 is 0 Å². The fraction of sp³-hybridized carbons (Fsp3) is 0.577. The maximum Gasteiger partial charge on any atom is 0.226 e. The number of nitrogens with one attached hydrogen (secondary N) is 1. The normalized spacial score (nSPS) is 35.7. The van der Waals surface area contributed by atoms with Crippen LogP contribution in [-0.4, -0.2) is 46.2 Å². The molecule has 5 fully saturated rings. The van der Waals surface area contributed by atoms with Crippen molar-refractivity contribution in [3.05, 3.63) is 42.9 Å². The quantitative estimate of drug-likeness (QED) is 0.774. The lowest BCUT2D eigenvalue weighted by Crippen LogP contribution is -2.60. The minimum atomic E-state index is -0.234. The Kier molecular flexibility index (Phi) is 4.94. The molecular formula is C26H32N4O2. The minimum Gasteiger partial charge on any atom is -0.393 e. The first-order valence-corrected chi connectivity index (χ1v) is 12.2. The Balaban J connectivity index is 1.12. The van der Waals surface area contributed by atoms with Gasteiger partial charge in [0, 0.05) is 43.3 Å². The van der Waals surface area contributed by atoms with Crippen molar-refractivity contribution in [2.75, 3.05) is 18.0 Å². The number of piperidine rings is 1. The van der Waals surface area contributed by atoms with Gasteiger partial charge < -0.3 is 15.3 Å². The van der Waals surface area contributed by atoms with Crippen molar-refractivity contribution in [2.45, 2.75) is 57.1 Å². The van der Waals surface area contributed by atoms with Crippen LogP contribution in [0.3, 0.4) is 0 Å². The second kappa shape index (κ2) is 7.84. The Hall–Kier alpha value is -2.47. The standard InChI is InChI=1S/C26H32N4O2/c31-24-20-10-17-11-21(24)14-26(12-17,13-20)25(32)29-22-2-1-9-30(16-22)23-4-3-19(15-28-23)18-5-7-27-8-6-18/h3-8,15,17,20-22,24,31H,1-2,9-14,16H2,(H,29,32). The summed E-state index contributed by atoms with van der Waals surface area (Å²) >= 11 is 0. The third-order valence-corrected chi connectivity index (χ3v) is 8.55. The van der Waals surface area contributed by atoms with Gasteiger partial charge in [-0.1, -0.05) is 0 Å². The second-order valence-electron chi connectivity index (χ2n) is 10.6. The van der Waals surface area contributed by atoms with Gasteiger partial charge in [0.2, 0.25) is 5.91 Å². The maximum atomic E-state index is 13.5. The summed E-state index contributed by atoms with van der Waals surface area (Å²) in [5.41, 5.74) is 1.97. The van der Waals surface area contributed by atoms with Gasteiger partial charge in [-0.3, -0.25) is 9.78 Å². The van der Waals surface area contributed by atoms with Crippen LogP contribution >= 0.6 is 0 Å². The number of anilines is 1.